The Morgan fingerprint density at radius 3 is 2.37 bits per heavy atom. The molecule has 0 aliphatic rings. The number of aryl methyl sites for hydroxylation is 1. The van der Waals surface area contributed by atoms with E-state index < -0.39 is 5.97 Å². The third-order valence-corrected chi connectivity index (χ3v) is 3.41. The van der Waals surface area contributed by atoms with E-state index in [1.165, 1.54) is 5.56 Å². The van der Waals surface area contributed by atoms with E-state index in [1.807, 2.05) is 0 Å². The summed E-state index contributed by atoms with van der Waals surface area (Å²) in [5.74, 6) is -1.07. The van der Waals surface area contributed by atoms with Crippen LogP contribution in [0.25, 0.3) is 0 Å². The van der Waals surface area contributed by atoms with Crippen LogP contribution in [-0.4, -0.2) is 24.2 Å². The van der Waals surface area contributed by atoms with Crippen LogP contribution in [0.15, 0.2) is 24.3 Å². The van der Waals surface area contributed by atoms with Crippen LogP contribution in [0.4, 0.5) is 5.69 Å². The van der Waals surface area contributed by atoms with E-state index in [9.17, 15) is 4.79 Å². The Morgan fingerprint density at radius 1 is 1.26 bits per heavy atom. The Hall–Kier alpha value is -1.51. The second-order valence-corrected chi connectivity index (χ2v) is 5.06. The van der Waals surface area contributed by atoms with Gasteiger partial charge in [0, 0.05) is 18.8 Å². The van der Waals surface area contributed by atoms with Gasteiger partial charge >= 0.3 is 5.97 Å². The van der Waals surface area contributed by atoms with E-state index in [0.29, 0.717) is 6.54 Å². The lowest BCUT2D eigenvalue weighted by Gasteiger charge is -2.26. The summed E-state index contributed by atoms with van der Waals surface area (Å²) in [6.07, 6.45) is 3.23. The highest BCUT2D eigenvalue weighted by Crippen LogP contribution is 2.18. The van der Waals surface area contributed by atoms with Crippen molar-refractivity contribution in [1.82, 2.24) is 0 Å². The smallest absolute Gasteiger partial charge is 0.308 e. The maximum Gasteiger partial charge on any atom is 0.308 e. The molecule has 1 unspecified atom stereocenters. The van der Waals surface area contributed by atoms with Gasteiger partial charge in [-0.15, -0.1) is 0 Å². The van der Waals surface area contributed by atoms with Gasteiger partial charge in [0.05, 0.1) is 5.92 Å². The third-order valence-electron chi connectivity index (χ3n) is 3.41. The summed E-state index contributed by atoms with van der Waals surface area (Å²) >= 11 is 0. The van der Waals surface area contributed by atoms with Gasteiger partial charge in [0.25, 0.3) is 0 Å². The van der Waals surface area contributed by atoms with Crippen molar-refractivity contribution in [3.8, 4) is 0 Å². The maximum absolute atomic E-state index is 11.0. The molecular formula is C16H25NO2. The zero-order chi connectivity index (χ0) is 14.3. The molecular weight excluding hydrogens is 238 g/mol. The van der Waals surface area contributed by atoms with Crippen molar-refractivity contribution in [3.63, 3.8) is 0 Å². The number of hydrogen-bond acceptors (Lipinski definition) is 2. The predicted molar refractivity (Wildman–Crippen MR) is 79.7 cm³/mol. The van der Waals surface area contributed by atoms with Crippen LogP contribution in [0.3, 0.4) is 0 Å². The molecule has 0 saturated carbocycles. The number of carboxylic acids is 1. The Morgan fingerprint density at radius 2 is 1.89 bits per heavy atom. The molecule has 1 rings (SSSR count). The molecule has 0 aliphatic heterocycles. The van der Waals surface area contributed by atoms with Crippen molar-refractivity contribution in [2.45, 2.75) is 40.0 Å². The molecule has 3 heteroatoms. The normalized spacial score (nSPS) is 12.2. The lowest BCUT2D eigenvalue weighted by molar-refractivity contribution is -0.140. The molecule has 0 saturated heterocycles. The monoisotopic (exact) mass is 263 g/mol. The minimum absolute atomic E-state index is 0.345. The van der Waals surface area contributed by atoms with Crippen LogP contribution in [0.1, 0.15) is 39.2 Å². The summed E-state index contributed by atoms with van der Waals surface area (Å²) in [4.78, 5) is 13.2. The highest BCUT2D eigenvalue weighted by molar-refractivity contribution is 5.70. The molecule has 0 fully saturated rings. The molecule has 0 amide bonds. The van der Waals surface area contributed by atoms with Crippen molar-refractivity contribution in [2.75, 3.05) is 18.0 Å². The van der Waals surface area contributed by atoms with Crippen molar-refractivity contribution >= 4 is 11.7 Å². The molecule has 0 bridgehead atoms. The van der Waals surface area contributed by atoms with E-state index in [1.54, 1.807) is 6.92 Å². The zero-order valence-electron chi connectivity index (χ0n) is 12.2. The highest BCUT2D eigenvalue weighted by Gasteiger charge is 2.16. The minimum Gasteiger partial charge on any atom is -0.481 e. The van der Waals surface area contributed by atoms with Crippen molar-refractivity contribution in [2.24, 2.45) is 5.92 Å². The Kier molecular flexibility index (Phi) is 6.40. The van der Waals surface area contributed by atoms with E-state index >= 15 is 0 Å². The molecule has 1 atom stereocenters. The molecule has 19 heavy (non-hydrogen) atoms. The fraction of sp³-hybridized carbons (Fsp3) is 0.562. The average molecular weight is 263 g/mol. The second kappa shape index (κ2) is 7.82. The first-order chi connectivity index (χ1) is 9.08. The quantitative estimate of drug-likeness (QED) is 0.779. The van der Waals surface area contributed by atoms with Crippen LogP contribution in [0, 0.1) is 5.92 Å². The first-order valence-corrected chi connectivity index (χ1v) is 7.15. The summed E-state index contributed by atoms with van der Waals surface area (Å²) < 4.78 is 0. The van der Waals surface area contributed by atoms with E-state index in [0.717, 1.165) is 31.5 Å². The predicted octanol–water partition coefficient (Wildman–Crippen LogP) is 3.58. The number of nitrogens with zero attached hydrogens (tertiary/aromatic N) is 1. The van der Waals surface area contributed by atoms with Gasteiger partial charge in [0.1, 0.15) is 0 Å². The molecule has 1 N–H and O–H groups in total. The number of unbranched alkanes of at least 4 members (excludes halogenated alkanes) is 1. The first kappa shape index (κ1) is 15.5. The zero-order valence-corrected chi connectivity index (χ0v) is 12.2. The average Bonchev–Trinajstić information content (AvgIpc) is 2.43. The minimum atomic E-state index is -0.730. The summed E-state index contributed by atoms with van der Waals surface area (Å²) in [5, 5.41) is 9.06. The SMILES string of the molecule is CCCCN(CC(C)C(=O)O)c1ccc(CC)cc1. The number of aliphatic carboxylic acids is 1. The number of anilines is 1. The fourth-order valence-electron chi connectivity index (χ4n) is 2.03. The van der Waals surface area contributed by atoms with Gasteiger partial charge in [0.15, 0.2) is 0 Å². The van der Waals surface area contributed by atoms with Gasteiger partial charge in [0.2, 0.25) is 0 Å². The van der Waals surface area contributed by atoms with Gasteiger partial charge in [-0.3, -0.25) is 4.79 Å². The molecule has 3 nitrogen and oxygen atoms in total. The number of hydrogen-bond donors (Lipinski definition) is 1. The standard InChI is InChI=1S/C16H25NO2/c1-4-6-11-17(12-13(3)16(18)19)15-9-7-14(5-2)8-10-15/h7-10,13H,4-6,11-12H2,1-3H3,(H,18,19). The lowest BCUT2D eigenvalue weighted by atomic mass is 10.1. The molecule has 0 heterocycles. The molecule has 0 aliphatic carbocycles. The molecule has 106 valence electrons. The topological polar surface area (TPSA) is 40.5 Å². The van der Waals surface area contributed by atoms with E-state index in [2.05, 4.69) is 43.0 Å². The van der Waals surface area contributed by atoms with E-state index in [4.69, 9.17) is 5.11 Å². The van der Waals surface area contributed by atoms with Gasteiger partial charge < -0.3 is 10.0 Å². The van der Waals surface area contributed by atoms with Gasteiger partial charge in [-0.05, 0) is 30.5 Å². The van der Waals surface area contributed by atoms with Crippen molar-refractivity contribution < 1.29 is 9.90 Å². The first-order valence-electron chi connectivity index (χ1n) is 7.15. The Labute approximate surface area is 116 Å². The summed E-state index contributed by atoms with van der Waals surface area (Å²) in [7, 11) is 0. The highest BCUT2D eigenvalue weighted by atomic mass is 16.4. The van der Waals surface area contributed by atoms with Crippen LogP contribution in [0.2, 0.25) is 0 Å². The van der Waals surface area contributed by atoms with Gasteiger partial charge in [-0.1, -0.05) is 39.3 Å². The third kappa shape index (κ3) is 4.93. The van der Waals surface area contributed by atoms with Crippen LogP contribution in [0.5, 0.6) is 0 Å². The molecule has 0 aromatic heterocycles. The second-order valence-electron chi connectivity index (χ2n) is 5.06. The maximum atomic E-state index is 11.0. The lowest BCUT2D eigenvalue weighted by Crippen LogP contribution is -2.32. The number of benzene rings is 1. The Balaban J connectivity index is 2.78. The largest absolute Gasteiger partial charge is 0.481 e. The van der Waals surface area contributed by atoms with Crippen molar-refractivity contribution in [3.05, 3.63) is 29.8 Å². The fourth-order valence-corrected chi connectivity index (χ4v) is 2.03. The number of carboxylic acid groups (broad SMARTS) is 1. The number of carbonyl (C=O) groups is 1. The summed E-state index contributed by atoms with van der Waals surface area (Å²) in [6.45, 7) is 7.54. The van der Waals surface area contributed by atoms with Gasteiger partial charge in [-0.2, -0.15) is 0 Å². The van der Waals surface area contributed by atoms with Gasteiger partial charge in [-0.25, -0.2) is 0 Å². The van der Waals surface area contributed by atoms with Crippen LogP contribution < -0.4 is 4.90 Å². The van der Waals surface area contributed by atoms with Crippen molar-refractivity contribution in [1.29, 1.82) is 0 Å². The Bertz CT molecular complexity index is 386. The molecule has 1 aromatic carbocycles. The number of rotatable bonds is 8. The van der Waals surface area contributed by atoms with Crippen LogP contribution >= 0.6 is 0 Å². The molecule has 1 aromatic rings. The van der Waals surface area contributed by atoms with E-state index in [-0.39, 0.29) is 5.92 Å². The molecule has 0 radical (unpaired) electrons. The summed E-state index contributed by atoms with van der Waals surface area (Å²) in [6, 6.07) is 8.45. The van der Waals surface area contributed by atoms with Crippen LogP contribution in [-0.2, 0) is 11.2 Å². The molecule has 0 spiro atoms. The summed E-state index contributed by atoms with van der Waals surface area (Å²) in [5.41, 5.74) is 2.43.